The SMILES string of the molecule is CCCCCCC(Oc1ccc(C)cc1C)C(=O)NCCc1nc2c(Cl)c(C)[nH]n2n1. The molecule has 0 bridgehead atoms. The predicted molar refractivity (Wildman–Crippen MR) is 123 cm³/mol. The highest BCUT2D eigenvalue weighted by Crippen LogP contribution is 2.22. The molecule has 31 heavy (non-hydrogen) atoms. The smallest absolute Gasteiger partial charge is 0.261 e. The molecule has 0 saturated carbocycles. The summed E-state index contributed by atoms with van der Waals surface area (Å²) in [4.78, 5) is 17.3. The molecule has 3 aromatic rings. The molecular formula is C23H32ClN5O2. The van der Waals surface area contributed by atoms with Crippen LogP contribution in [0, 0.1) is 20.8 Å². The highest BCUT2D eigenvalue weighted by Gasteiger charge is 2.21. The molecule has 1 amide bonds. The molecule has 3 rings (SSSR count). The van der Waals surface area contributed by atoms with Gasteiger partial charge in [0.15, 0.2) is 17.6 Å². The van der Waals surface area contributed by atoms with Crippen molar-refractivity contribution in [2.24, 2.45) is 0 Å². The van der Waals surface area contributed by atoms with Gasteiger partial charge in [-0.25, -0.2) is 4.98 Å². The number of ether oxygens (including phenoxy) is 1. The van der Waals surface area contributed by atoms with Gasteiger partial charge >= 0.3 is 0 Å². The van der Waals surface area contributed by atoms with Crippen molar-refractivity contribution >= 4 is 23.2 Å². The van der Waals surface area contributed by atoms with Gasteiger partial charge in [-0.05, 0) is 45.2 Å². The van der Waals surface area contributed by atoms with E-state index in [1.165, 1.54) is 12.0 Å². The van der Waals surface area contributed by atoms with E-state index in [9.17, 15) is 4.79 Å². The zero-order chi connectivity index (χ0) is 22.4. The summed E-state index contributed by atoms with van der Waals surface area (Å²) in [5.41, 5.74) is 3.64. The lowest BCUT2D eigenvalue weighted by Crippen LogP contribution is -2.39. The Kier molecular flexibility index (Phi) is 7.96. The Labute approximate surface area is 188 Å². The molecule has 1 aromatic carbocycles. The number of aromatic amines is 1. The normalized spacial score (nSPS) is 12.3. The van der Waals surface area contributed by atoms with Crippen molar-refractivity contribution in [1.29, 1.82) is 0 Å². The van der Waals surface area contributed by atoms with Gasteiger partial charge in [0.05, 0.1) is 5.69 Å². The number of carbonyl (C=O) groups is 1. The largest absolute Gasteiger partial charge is 0.480 e. The Balaban J connectivity index is 1.59. The molecule has 0 aliphatic carbocycles. The van der Waals surface area contributed by atoms with E-state index in [0.29, 0.717) is 35.9 Å². The zero-order valence-corrected chi connectivity index (χ0v) is 19.6. The first kappa shape index (κ1) is 23.1. The number of H-pyrrole nitrogens is 1. The van der Waals surface area contributed by atoms with Crippen LogP contribution < -0.4 is 10.1 Å². The molecule has 168 valence electrons. The van der Waals surface area contributed by atoms with Gasteiger partial charge in [-0.3, -0.25) is 9.89 Å². The van der Waals surface area contributed by atoms with Gasteiger partial charge in [-0.1, -0.05) is 55.5 Å². The number of nitrogens with zero attached hydrogens (tertiary/aromatic N) is 3. The van der Waals surface area contributed by atoms with Crippen LogP contribution in [0.25, 0.3) is 5.65 Å². The molecule has 2 aromatic heterocycles. The van der Waals surface area contributed by atoms with E-state index in [2.05, 4.69) is 33.5 Å². The summed E-state index contributed by atoms with van der Waals surface area (Å²) < 4.78 is 7.70. The Morgan fingerprint density at radius 3 is 2.77 bits per heavy atom. The number of unbranched alkanes of at least 4 members (excludes halogenated alkanes) is 3. The van der Waals surface area contributed by atoms with E-state index < -0.39 is 6.10 Å². The number of rotatable bonds is 11. The van der Waals surface area contributed by atoms with E-state index in [1.807, 2.05) is 32.9 Å². The van der Waals surface area contributed by atoms with Crippen LogP contribution in [0.3, 0.4) is 0 Å². The lowest BCUT2D eigenvalue weighted by molar-refractivity contribution is -0.128. The monoisotopic (exact) mass is 445 g/mol. The third-order valence-electron chi connectivity index (χ3n) is 5.31. The fourth-order valence-corrected chi connectivity index (χ4v) is 3.72. The highest BCUT2D eigenvalue weighted by molar-refractivity contribution is 6.34. The first-order chi connectivity index (χ1) is 14.9. The van der Waals surface area contributed by atoms with Crippen molar-refractivity contribution in [2.75, 3.05) is 6.54 Å². The van der Waals surface area contributed by atoms with E-state index in [4.69, 9.17) is 16.3 Å². The molecule has 2 N–H and O–H groups in total. The molecule has 0 fully saturated rings. The molecule has 7 nitrogen and oxygen atoms in total. The number of benzene rings is 1. The van der Waals surface area contributed by atoms with Crippen molar-refractivity contribution in [3.63, 3.8) is 0 Å². The van der Waals surface area contributed by atoms with Gasteiger partial charge in [0.1, 0.15) is 10.8 Å². The van der Waals surface area contributed by atoms with Crippen LogP contribution in [0.2, 0.25) is 5.02 Å². The lowest BCUT2D eigenvalue weighted by Gasteiger charge is -2.20. The average molecular weight is 446 g/mol. The van der Waals surface area contributed by atoms with Crippen molar-refractivity contribution < 1.29 is 9.53 Å². The molecule has 1 unspecified atom stereocenters. The second-order valence-electron chi connectivity index (χ2n) is 8.08. The third kappa shape index (κ3) is 6.00. The maximum Gasteiger partial charge on any atom is 0.261 e. The van der Waals surface area contributed by atoms with Gasteiger partial charge in [0.25, 0.3) is 5.91 Å². The quantitative estimate of drug-likeness (QED) is 0.418. The second-order valence-corrected chi connectivity index (χ2v) is 8.46. The summed E-state index contributed by atoms with van der Waals surface area (Å²) in [7, 11) is 0. The number of aryl methyl sites for hydroxylation is 3. The van der Waals surface area contributed by atoms with Crippen molar-refractivity contribution in [3.8, 4) is 5.75 Å². The second kappa shape index (κ2) is 10.7. The molecule has 0 radical (unpaired) electrons. The Morgan fingerprint density at radius 2 is 2.06 bits per heavy atom. The maximum atomic E-state index is 12.9. The molecule has 0 aliphatic rings. The molecule has 8 heteroatoms. The number of hydrogen-bond donors (Lipinski definition) is 2. The van der Waals surface area contributed by atoms with E-state index in [-0.39, 0.29) is 5.91 Å². The Hall–Kier alpha value is -2.54. The van der Waals surface area contributed by atoms with Crippen molar-refractivity contribution in [1.82, 2.24) is 25.1 Å². The number of hydrogen-bond acceptors (Lipinski definition) is 4. The number of amides is 1. The number of fused-ring (bicyclic) bond motifs is 1. The number of aromatic nitrogens is 4. The molecule has 0 spiro atoms. The molecule has 2 heterocycles. The molecule has 0 saturated heterocycles. The van der Waals surface area contributed by atoms with Crippen LogP contribution in [0.5, 0.6) is 5.75 Å². The van der Waals surface area contributed by atoms with Crippen LogP contribution in [0.1, 0.15) is 61.7 Å². The molecular weight excluding hydrogens is 414 g/mol. The number of halogens is 1. The predicted octanol–water partition coefficient (Wildman–Crippen LogP) is 4.71. The fraction of sp³-hybridized carbons (Fsp3) is 0.522. The Morgan fingerprint density at radius 1 is 1.26 bits per heavy atom. The molecule has 1 atom stereocenters. The lowest BCUT2D eigenvalue weighted by atomic mass is 10.1. The highest BCUT2D eigenvalue weighted by atomic mass is 35.5. The van der Waals surface area contributed by atoms with Crippen LogP contribution in [-0.2, 0) is 11.2 Å². The first-order valence-corrected chi connectivity index (χ1v) is 11.4. The topological polar surface area (TPSA) is 84.3 Å². The average Bonchev–Trinajstić information content (AvgIpc) is 3.24. The minimum absolute atomic E-state index is 0.102. The Bertz CT molecular complexity index is 1030. The van der Waals surface area contributed by atoms with Crippen molar-refractivity contribution in [3.05, 3.63) is 45.9 Å². The van der Waals surface area contributed by atoms with Gasteiger partial charge < -0.3 is 10.1 Å². The van der Waals surface area contributed by atoms with Gasteiger partial charge in [0, 0.05) is 13.0 Å². The first-order valence-electron chi connectivity index (χ1n) is 11.0. The van der Waals surface area contributed by atoms with Crippen molar-refractivity contribution in [2.45, 2.75) is 72.3 Å². The molecule has 0 aliphatic heterocycles. The van der Waals surface area contributed by atoms with Gasteiger partial charge in [-0.2, -0.15) is 4.63 Å². The summed E-state index contributed by atoms with van der Waals surface area (Å²) in [5, 5.41) is 11.0. The van der Waals surface area contributed by atoms with Crippen LogP contribution in [0.15, 0.2) is 18.2 Å². The fourth-order valence-electron chi connectivity index (χ4n) is 3.55. The van der Waals surface area contributed by atoms with Crippen LogP contribution in [0.4, 0.5) is 0 Å². The summed E-state index contributed by atoms with van der Waals surface area (Å²) in [6.07, 6.45) is 5.08. The standard InChI is InChI=1S/C23H32ClN5O2/c1-5-6-7-8-9-19(31-18-11-10-15(2)14-16(18)3)23(30)25-13-12-20-26-22-21(24)17(4)27-29(22)28-20/h10-11,14,19,27H,5-9,12-13H2,1-4H3,(H,25,30). The van der Waals surface area contributed by atoms with E-state index in [1.54, 1.807) is 4.63 Å². The van der Waals surface area contributed by atoms with E-state index >= 15 is 0 Å². The third-order valence-corrected chi connectivity index (χ3v) is 5.76. The minimum Gasteiger partial charge on any atom is -0.480 e. The van der Waals surface area contributed by atoms with Gasteiger partial charge in [0.2, 0.25) is 0 Å². The van der Waals surface area contributed by atoms with Gasteiger partial charge in [-0.15, -0.1) is 5.10 Å². The number of carbonyl (C=O) groups excluding carboxylic acids is 1. The summed E-state index contributed by atoms with van der Waals surface area (Å²) in [6, 6.07) is 6.02. The number of nitrogens with one attached hydrogen (secondary N) is 2. The summed E-state index contributed by atoms with van der Waals surface area (Å²) in [5.74, 6) is 1.29. The maximum absolute atomic E-state index is 12.9. The zero-order valence-electron chi connectivity index (χ0n) is 18.8. The van der Waals surface area contributed by atoms with Crippen LogP contribution in [-0.4, -0.2) is 38.4 Å². The minimum atomic E-state index is -0.514. The van der Waals surface area contributed by atoms with Crippen LogP contribution >= 0.6 is 11.6 Å². The van der Waals surface area contributed by atoms with E-state index in [0.717, 1.165) is 36.3 Å². The summed E-state index contributed by atoms with van der Waals surface area (Å²) in [6.45, 7) is 8.54. The summed E-state index contributed by atoms with van der Waals surface area (Å²) >= 11 is 6.21.